The Bertz CT molecular complexity index is 775. The molecule has 0 amide bonds. The average molecular weight is 232 g/mol. The first kappa shape index (κ1) is 9.66. The zero-order valence-corrected chi connectivity index (χ0v) is 9.85. The van der Waals surface area contributed by atoms with E-state index in [0.717, 1.165) is 12.1 Å². The van der Waals surface area contributed by atoms with E-state index in [0.29, 0.717) is 5.82 Å². The van der Waals surface area contributed by atoms with E-state index in [9.17, 15) is 0 Å². The lowest BCUT2D eigenvalue weighted by Crippen LogP contribution is -2.04. The number of rotatable bonds is 0. The summed E-state index contributed by atoms with van der Waals surface area (Å²) in [5.41, 5.74) is 10.8. The van der Waals surface area contributed by atoms with Gasteiger partial charge in [0.15, 0.2) is 0 Å². The number of nitrogens with zero attached hydrogens (tertiary/aromatic N) is 1. The number of anilines is 1. The maximum absolute atomic E-state index is 5.92. The van der Waals surface area contributed by atoms with Crippen LogP contribution in [0.5, 0.6) is 0 Å². The first-order chi connectivity index (χ1) is 8.83. The Balaban J connectivity index is 2.22. The molecule has 0 saturated carbocycles. The minimum atomic E-state index is 0.589. The highest BCUT2D eigenvalue weighted by Crippen LogP contribution is 2.38. The molecule has 0 aliphatic heterocycles. The van der Waals surface area contributed by atoms with Crippen LogP contribution in [0.2, 0.25) is 0 Å². The Morgan fingerprint density at radius 2 is 1.78 bits per heavy atom. The van der Waals surface area contributed by atoms with Gasteiger partial charge in [-0.2, -0.15) is 0 Å². The average Bonchev–Trinajstić information content (AvgIpc) is 2.38. The van der Waals surface area contributed by atoms with Crippen molar-refractivity contribution in [2.24, 2.45) is 0 Å². The van der Waals surface area contributed by atoms with Gasteiger partial charge < -0.3 is 5.73 Å². The largest absolute Gasteiger partial charge is 0.384 e. The summed E-state index contributed by atoms with van der Waals surface area (Å²) in [6.45, 7) is 0. The molecule has 2 aromatic carbocycles. The maximum Gasteiger partial charge on any atom is 0.124 e. The zero-order chi connectivity index (χ0) is 12.1. The molecule has 0 fully saturated rings. The number of aromatic nitrogens is 1. The first-order valence-corrected chi connectivity index (χ1v) is 6.09. The lowest BCUT2D eigenvalue weighted by atomic mass is 9.87. The third-order valence-corrected chi connectivity index (χ3v) is 3.62. The number of pyridine rings is 1. The second-order valence-corrected chi connectivity index (χ2v) is 4.74. The van der Waals surface area contributed by atoms with E-state index in [4.69, 9.17) is 5.73 Å². The molecule has 2 N–H and O–H groups in total. The molecular formula is C16H12N2. The SMILES string of the molecule is Nc1cc2cccc3c2c(n1)-c1ccccc1C3. The molecule has 0 atom stereocenters. The summed E-state index contributed by atoms with van der Waals surface area (Å²) in [7, 11) is 0. The van der Waals surface area contributed by atoms with E-state index in [1.807, 2.05) is 6.07 Å². The standard InChI is InChI=1S/C16H12N2/c17-14-9-12-6-3-5-11-8-10-4-1-2-7-13(10)16(18-14)15(11)12/h1-7,9H,8H2,(H2,17,18). The maximum atomic E-state index is 5.92. The van der Waals surface area contributed by atoms with Crippen LogP contribution in [-0.2, 0) is 6.42 Å². The molecule has 1 aliphatic rings. The number of fused-ring (bicyclic) bond motifs is 2. The molecule has 1 aliphatic carbocycles. The molecule has 1 aromatic heterocycles. The quantitative estimate of drug-likeness (QED) is 0.504. The number of nitrogen functional groups attached to an aromatic ring is 1. The summed E-state index contributed by atoms with van der Waals surface area (Å²) in [6.07, 6.45) is 0.978. The van der Waals surface area contributed by atoms with Crippen molar-refractivity contribution >= 4 is 16.6 Å². The van der Waals surface area contributed by atoms with Crippen LogP contribution in [-0.4, -0.2) is 4.98 Å². The lowest BCUT2D eigenvalue weighted by molar-refractivity contribution is 1.17. The van der Waals surface area contributed by atoms with E-state index in [2.05, 4.69) is 47.4 Å². The Kier molecular flexibility index (Phi) is 1.78. The van der Waals surface area contributed by atoms with Crippen molar-refractivity contribution in [1.82, 2.24) is 4.98 Å². The number of hydrogen-bond acceptors (Lipinski definition) is 2. The van der Waals surface area contributed by atoms with Gasteiger partial charge in [-0.15, -0.1) is 0 Å². The van der Waals surface area contributed by atoms with Crippen molar-refractivity contribution in [1.29, 1.82) is 0 Å². The van der Waals surface area contributed by atoms with Gasteiger partial charge in [-0.3, -0.25) is 0 Å². The summed E-state index contributed by atoms with van der Waals surface area (Å²) >= 11 is 0. The normalized spacial score (nSPS) is 12.4. The number of hydrogen-bond donors (Lipinski definition) is 1. The van der Waals surface area contributed by atoms with Gasteiger partial charge in [0.2, 0.25) is 0 Å². The van der Waals surface area contributed by atoms with E-state index in [1.54, 1.807) is 0 Å². The molecule has 2 nitrogen and oxygen atoms in total. The second kappa shape index (κ2) is 3.33. The van der Waals surface area contributed by atoms with Crippen molar-refractivity contribution in [2.45, 2.75) is 6.42 Å². The summed E-state index contributed by atoms with van der Waals surface area (Å²) in [5, 5.41) is 2.44. The highest BCUT2D eigenvalue weighted by atomic mass is 14.8. The molecule has 1 heterocycles. The molecular weight excluding hydrogens is 220 g/mol. The van der Waals surface area contributed by atoms with Crippen molar-refractivity contribution in [2.75, 3.05) is 5.73 Å². The summed E-state index contributed by atoms with van der Waals surface area (Å²) in [5.74, 6) is 0.589. The Morgan fingerprint density at radius 3 is 2.72 bits per heavy atom. The van der Waals surface area contributed by atoms with Crippen molar-refractivity contribution < 1.29 is 0 Å². The van der Waals surface area contributed by atoms with Crippen molar-refractivity contribution in [3.05, 3.63) is 59.7 Å². The second-order valence-electron chi connectivity index (χ2n) is 4.74. The van der Waals surface area contributed by atoms with Crippen LogP contribution in [0.4, 0.5) is 5.82 Å². The van der Waals surface area contributed by atoms with Gasteiger partial charge in [-0.05, 0) is 29.0 Å². The molecule has 2 heteroatoms. The fourth-order valence-corrected chi connectivity index (χ4v) is 2.86. The molecule has 0 spiro atoms. The van der Waals surface area contributed by atoms with Crippen molar-refractivity contribution in [3.8, 4) is 11.3 Å². The monoisotopic (exact) mass is 232 g/mol. The van der Waals surface area contributed by atoms with Gasteiger partial charge in [0.1, 0.15) is 5.82 Å². The summed E-state index contributed by atoms with van der Waals surface area (Å²) < 4.78 is 0. The zero-order valence-electron chi connectivity index (χ0n) is 9.85. The van der Waals surface area contributed by atoms with Crippen LogP contribution in [0.3, 0.4) is 0 Å². The van der Waals surface area contributed by atoms with Crippen LogP contribution in [0.15, 0.2) is 48.5 Å². The highest BCUT2D eigenvalue weighted by molar-refractivity contribution is 6.01. The van der Waals surface area contributed by atoms with Crippen LogP contribution < -0.4 is 5.73 Å². The van der Waals surface area contributed by atoms with Gasteiger partial charge in [-0.1, -0.05) is 42.5 Å². The molecule has 0 bridgehead atoms. The third kappa shape index (κ3) is 1.20. The van der Waals surface area contributed by atoms with E-state index in [1.165, 1.54) is 27.5 Å². The minimum Gasteiger partial charge on any atom is -0.384 e. The molecule has 4 rings (SSSR count). The Morgan fingerprint density at radius 1 is 0.944 bits per heavy atom. The minimum absolute atomic E-state index is 0.589. The van der Waals surface area contributed by atoms with E-state index in [-0.39, 0.29) is 0 Å². The van der Waals surface area contributed by atoms with E-state index < -0.39 is 0 Å². The Hall–Kier alpha value is -2.35. The van der Waals surface area contributed by atoms with Gasteiger partial charge in [-0.25, -0.2) is 4.98 Å². The van der Waals surface area contributed by atoms with Crippen LogP contribution in [0, 0.1) is 0 Å². The molecule has 18 heavy (non-hydrogen) atoms. The Labute approximate surface area is 105 Å². The number of nitrogens with two attached hydrogens (primary N) is 1. The number of benzene rings is 2. The van der Waals surface area contributed by atoms with Crippen LogP contribution >= 0.6 is 0 Å². The predicted octanol–water partition coefficient (Wildman–Crippen LogP) is 3.39. The van der Waals surface area contributed by atoms with Crippen LogP contribution in [0.1, 0.15) is 11.1 Å². The molecule has 0 unspecified atom stereocenters. The smallest absolute Gasteiger partial charge is 0.124 e. The fourth-order valence-electron chi connectivity index (χ4n) is 2.86. The highest BCUT2D eigenvalue weighted by Gasteiger charge is 2.19. The first-order valence-electron chi connectivity index (χ1n) is 6.09. The van der Waals surface area contributed by atoms with Crippen molar-refractivity contribution in [3.63, 3.8) is 0 Å². The van der Waals surface area contributed by atoms with Crippen LogP contribution in [0.25, 0.3) is 22.0 Å². The summed E-state index contributed by atoms with van der Waals surface area (Å²) in [6, 6.07) is 16.8. The topological polar surface area (TPSA) is 38.9 Å². The van der Waals surface area contributed by atoms with E-state index >= 15 is 0 Å². The lowest BCUT2D eigenvalue weighted by Gasteiger charge is -2.20. The molecule has 0 saturated heterocycles. The molecule has 0 radical (unpaired) electrons. The van der Waals surface area contributed by atoms with Gasteiger partial charge in [0.25, 0.3) is 0 Å². The van der Waals surface area contributed by atoms with Gasteiger partial charge in [0.05, 0.1) is 5.69 Å². The molecule has 86 valence electrons. The third-order valence-electron chi connectivity index (χ3n) is 3.62. The van der Waals surface area contributed by atoms with Gasteiger partial charge >= 0.3 is 0 Å². The van der Waals surface area contributed by atoms with Gasteiger partial charge in [0, 0.05) is 10.9 Å². The summed E-state index contributed by atoms with van der Waals surface area (Å²) in [4.78, 5) is 4.55. The molecule has 3 aromatic rings. The predicted molar refractivity (Wildman–Crippen MR) is 74.4 cm³/mol. The fraction of sp³-hybridized carbons (Fsp3) is 0.0625.